The number of hydrogen-bond acceptors (Lipinski definition) is 2. The molecule has 2 unspecified atom stereocenters. The molecule has 2 atom stereocenters. The Kier molecular flexibility index (Phi) is 4.09. The van der Waals surface area contributed by atoms with Gasteiger partial charge in [-0.05, 0) is 35.4 Å². The minimum absolute atomic E-state index is 0.134. The fraction of sp³-hybridized carbons (Fsp3) is 0.214. The van der Waals surface area contributed by atoms with E-state index in [9.17, 15) is 4.39 Å². The molecule has 0 saturated carbocycles. The molecule has 94 valence electrons. The van der Waals surface area contributed by atoms with Gasteiger partial charge in [0.05, 0.1) is 0 Å². The Bertz CT molecular complexity index is 531. The lowest BCUT2D eigenvalue weighted by Crippen LogP contribution is -2.18. The third-order valence-corrected chi connectivity index (χ3v) is 3.78. The van der Waals surface area contributed by atoms with E-state index in [0.717, 1.165) is 11.1 Å². The van der Waals surface area contributed by atoms with Crippen molar-refractivity contribution in [3.05, 3.63) is 64.1 Å². The molecule has 18 heavy (non-hydrogen) atoms. The summed E-state index contributed by atoms with van der Waals surface area (Å²) in [6.45, 7) is 2.05. The summed E-state index contributed by atoms with van der Waals surface area (Å²) in [6, 6.07) is 8.29. The summed E-state index contributed by atoms with van der Waals surface area (Å²) in [5, 5.41) is 0. The molecule has 0 aliphatic rings. The molecule has 1 aromatic heterocycles. The van der Waals surface area contributed by atoms with E-state index >= 15 is 0 Å². The van der Waals surface area contributed by atoms with Crippen LogP contribution in [0.3, 0.4) is 0 Å². The second-order valence-corrected chi connectivity index (χ2v) is 5.12. The molecular weight excluding hydrogens is 295 g/mol. The van der Waals surface area contributed by atoms with Gasteiger partial charge in [-0.2, -0.15) is 0 Å². The second-order valence-electron chi connectivity index (χ2n) is 4.26. The van der Waals surface area contributed by atoms with Crippen LogP contribution < -0.4 is 5.73 Å². The SMILES string of the molecule is CC(c1ccncc1)C(N)c1ccc(F)cc1Br. The lowest BCUT2D eigenvalue weighted by Gasteiger charge is -2.21. The van der Waals surface area contributed by atoms with Gasteiger partial charge in [0, 0.05) is 28.8 Å². The zero-order valence-electron chi connectivity index (χ0n) is 9.98. The monoisotopic (exact) mass is 308 g/mol. The number of aromatic nitrogens is 1. The molecule has 0 radical (unpaired) electrons. The Morgan fingerprint density at radius 2 is 1.89 bits per heavy atom. The Balaban J connectivity index is 2.28. The topological polar surface area (TPSA) is 38.9 Å². The first-order chi connectivity index (χ1) is 8.59. The molecule has 4 heteroatoms. The molecule has 0 aliphatic heterocycles. The first kappa shape index (κ1) is 13.2. The Morgan fingerprint density at radius 3 is 2.50 bits per heavy atom. The molecule has 0 bridgehead atoms. The van der Waals surface area contributed by atoms with Gasteiger partial charge in [0.1, 0.15) is 5.82 Å². The predicted octanol–water partition coefficient (Wildman–Crippen LogP) is 3.79. The highest BCUT2D eigenvalue weighted by Gasteiger charge is 2.19. The van der Waals surface area contributed by atoms with Gasteiger partial charge in [-0.15, -0.1) is 0 Å². The highest BCUT2D eigenvalue weighted by Crippen LogP contribution is 2.32. The predicted molar refractivity (Wildman–Crippen MR) is 73.7 cm³/mol. The van der Waals surface area contributed by atoms with E-state index in [1.54, 1.807) is 18.5 Å². The smallest absolute Gasteiger partial charge is 0.124 e. The molecule has 2 rings (SSSR count). The van der Waals surface area contributed by atoms with Crippen LogP contribution in [0.25, 0.3) is 0 Å². The molecule has 2 nitrogen and oxygen atoms in total. The summed E-state index contributed by atoms with van der Waals surface area (Å²) >= 11 is 3.36. The normalized spacial score (nSPS) is 14.2. The lowest BCUT2D eigenvalue weighted by atomic mass is 9.90. The molecule has 2 aromatic rings. The van der Waals surface area contributed by atoms with Crippen LogP contribution in [0.5, 0.6) is 0 Å². The molecule has 0 fully saturated rings. The first-order valence-electron chi connectivity index (χ1n) is 5.70. The zero-order valence-corrected chi connectivity index (χ0v) is 11.6. The minimum atomic E-state index is -0.269. The molecular formula is C14H14BrFN2. The van der Waals surface area contributed by atoms with Crippen molar-refractivity contribution in [2.75, 3.05) is 0 Å². The number of hydrogen-bond donors (Lipinski definition) is 1. The van der Waals surface area contributed by atoms with Crippen molar-refractivity contribution in [2.24, 2.45) is 5.73 Å². The van der Waals surface area contributed by atoms with Crippen LogP contribution in [0.2, 0.25) is 0 Å². The Labute approximate surface area is 114 Å². The van der Waals surface area contributed by atoms with Crippen molar-refractivity contribution in [3.8, 4) is 0 Å². The average Bonchev–Trinajstić information content (AvgIpc) is 2.38. The Hall–Kier alpha value is -1.26. The highest BCUT2D eigenvalue weighted by atomic mass is 79.9. The van der Waals surface area contributed by atoms with E-state index < -0.39 is 0 Å². The number of nitrogens with two attached hydrogens (primary N) is 1. The molecule has 0 amide bonds. The highest BCUT2D eigenvalue weighted by molar-refractivity contribution is 9.10. The molecule has 0 aliphatic carbocycles. The van der Waals surface area contributed by atoms with E-state index in [0.29, 0.717) is 4.47 Å². The number of nitrogens with zero attached hydrogens (tertiary/aromatic N) is 1. The van der Waals surface area contributed by atoms with Crippen molar-refractivity contribution >= 4 is 15.9 Å². The Morgan fingerprint density at radius 1 is 1.22 bits per heavy atom. The van der Waals surface area contributed by atoms with Crippen molar-refractivity contribution in [1.82, 2.24) is 4.98 Å². The van der Waals surface area contributed by atoms with Crippen LogP contribution in [0.4, 0.5) is 4.39 Å². The third-order valence-electron chi connectivity index (χ3n) is 3.09. The molecule has 0 spiro atoms. The van der Waals surface area contributed by atoms with Gasteiger partial charge in [-0.3, -0.25) is 4.98 Å². The third kappa shape index (κ3) is 2.76. The van der Waals surface area contributed by atoms with Gasteiger partial charge in [0.2, 0.25) is 0 Å². The summed E-state index contributed by atoms with van der Waals surface area (Å²) in [5.41, 5.74) is 8.27. The van der Waals surface area contributed by atoms with E-state index in [2.05, 4.69) is 27.8 Å². The summed E-state index contributed by atoms with van der Waals surface area (Å²) < 4.78 is 13.8. The van der Waals surface area contributed by atoms with Crippen LogP contribution in [-0.4, -0.2) is 4.98 Å². The van der Waals surface area contributed by atoms with Crippen molar-refractivity contribution < 1.29 is 4.39 Å². The molecule has 2 N–H and O–H groups in total. The second kappa shape index (κ2) is 5.59. The minimum Gasteiger partial charge on any atom is -0.323 e. The fourth-order valence-electron chi connectivity index (χ4n) is 1.92. The summed E-state index contributed by atoms with van der Waals surface area (Å²) in [4.78, 5) is 3.99. The first-order valence-corrected chi connectivity index (χ1v) is 6.49. The maximum Gasteiger partial charge on any atom is 0.124 e. The zero-order chi connectivity index (χ0) is 13.1. The molecule has 0 saturated heterocycles. The van der Waals surface area contributed by atoms with Crippen LogP contribution in [-0.2, 0) is 0 Å². The van der Waals surface area contributed by atoms with E-state index in [1.807, 2.05) is 12.1 Å². The summed E-state index contributed by atoms with van der Waals surface area (Å²) in [6.07, 6.45) is 3.50. The lowest BCUT2D eigenvalue weighted by molar-refractivity contribution is 0.588. The van der Waals surface area contributed by atoms with Crippen LogP contribution in [0.1, 0.15) is 30.0 Å². The van der Waals surface area contributed by atoms with Gasteiger partial charge >= 0.3 is 0 Å². The maximum absolute atomic E-state index is 13.1. The van der Waals surface area contributed by atoms with Crippen LogP contribution in [0.15, 0.2) is 47.2 Å². The van der Waals surface area contributed by atoms with E-state index in [-0.39, 0.29) is 17.8 Å². The van der Waals surface area contributed by atoms with Gasteiger partial charge in [-0.25, -0.2) is 4.39 Å². The number of benzene rings is 1. The largest absolute Gasteiger partial charge is 0.323 e. The molecule has 1 heterocycles. The van der Waals surface area contributed by atoms with Gasteiger partial charge in [-0.1, -0.05) is 28.9 Å². The van der Waals surface area contributed by atoms with E-state index in [1.165, 1.54) is 12.1 Å². The van der Waals surface area contributed by atoms with Gasteiger partial charge in [0.15, 0.2) is 0 Å². The molecule has 1 aromatic carbocycles. The fourth-order valence-corrected chi connectivity index (χ4v) is 2.53. The maximum atomic E-state index is 13.1. The summed E-state index contributed by atoms with van der Waals surface area (Å²) in [5.74, 6) is -0.135. The van der Waals surface area contributed by atoms with Gasteiger partial charge < -0.3 is 5.73 Å². The van der Waals surface area contributed by atoms with Crippen LogP contribution in [0, 0.1) is 5.82 Å². The standard InChI is InChI=1S/C14H14BrFN2/c1-9(10-4-6-18-7-5-10)14(17)12-3-2-11(16)8-13(12)15/h2-9,14H,17H2,1H3. The van der Waals surface area contributed by atoms with Crippen molar-refractivity contribution in [3.63, 3.8) is 0 Å². The quantitative estimate of drug-likeness (QED) is 0.937. The van der Waals surface area contributed by atoms with Gasteiger partial charge in [0.25, 0.3) is 0 Å². The summed E-state index contributed by atoms with van der Waals surface area (Å²) in [7, 11) is 0. The number of pyridine rings is 1. The van der Waals surface area contributed by atoms with Crippen molar-refractivity contribution in [2.45, 2.75) is 18.9 Å². The van der Waals surface area contributed by atoms with E-state index in [4.69, 9.17) is 5.73 Å². The van der Waals surface area contributed by atoms with Crippen molar-refractivity contribution in [1.29, 1.82) is 0 Å². The number of rotatable bonds is 3. The average molecular weight is 309 g/mol. The van der Waals surface area contributed by atoms with Crippen LogP contribution >= 0.6 is 15.9 Å². The number of halogens is 2.